The van der Waals surface area contributed by atoms with Crippen molar-refractivity contribution in [3.8, 4) is 5.75 Å². The van der Waals surface area contributed by atoms with Gasteiger partial charge in [0.05, 0.1) is 17.8 Å². The van der Waals surface area contributed by atoms with Crippen molar-refractivity contribution in [2.45, 2.75) is 33.2 Å². The number of hydrogen-bond acceptors (Lipinski definition) is 5. The van der Waals surface area contributed by atoms with Gasteiger partial charge in [-0.2, -0.15) is 0 Å². The first-order chi connectivity index (χ1) is 13.0. The van der Waals surface area contributed by atoms with Gasteiger partial charge in [-0.3, -0.25) is 4.79 Å². The van der Waals surface area contributed by atoms with Crippen molar-refractivity contribution in [1.29, 1.82) is 0 Å². The molecule has 1 saturated heterocycles. The van der Waals surface area contributed by atoms with E-state index in [-0.39, 0.29) is 16.6 Å². The minimum absolute atomic E-state index is 0.209. The molecule has 2 heterocycles. The number of aromatic nitrogens is 2. The Hall–Kier alpha value is -2.34. The number of rotatable bonds is 7. The van der Waals surface area contributed by atoms with Crippen LogP contribution >= 0.6 is 11.6 Å². The average Bonchev–Trinajstić information content (AvgIpc) is 3.20. The lowest BCUT2D eigenvalue weighted by molar-refractivity contribution is 0.0946. The van der Waals surface area contributed by atoms with Crippen LogP contribution in [0.2, 0.25) is 5.02 Å². The molecule has 7 heteroatoms. The molecule has 0 saturated carbocycles. The van der Waals surface area contributed by atoms with Crippen LogP contribution in [0.25, 0.3) is 0 Å². The summed E-state index contributed by atoms with van der Waals surface area (Å²) >= 11 is 6.15. The molecule has 0 radical (unpaired) electrons. The zero-order valence-electron chi connectivity index (χ0n) is 15.7. The summed E-state index contributed by atoms with van der Waals surface area (Å²) in [5.74, 6) is 1.51. The summed E-state index contributed by atoms with van der Waals surface area (Å²) in [5, 5.41) is 3.13. The highest BCUT2D eigenvalue weighted by Crippen LogP contribution is 2.20. The van der Waals surface area contributed by atoms with Gasteiger partial charge in [0, 0.05) is 19.6 Å². The Kier molecular flexibility index (Phi) is 6.50. The summed E-state index contributed by atoms with van der Waals surface area (Å²) in [6.07, 6.45) is 3.73. The summed E-state index contributed by atoms with van der Waals surface area (Å²) in [5.41, 5.74) is 1.16. The van der Waals surface area contributed by atoms with Crippen LogP contribution in [0, 0.1) is 5.92 Å². The van der Waals surface area contributed by atoms with Crippen LogP contribution in [0.3, 0.4) is 0 Å². The summed E-state index contributed by atoms with van der Waals surface area (Å²) in [7, 11) is 0. The maximum atomic E-state index is 12.6. The van der Waals surface area contributed by atoms with E-state index in [1.165, 1.54) is 6.20 Å². The summed E-state index contributed by atoms with van der Waals surface area (Å²) in [6, 6.07) is 7.71. The first kappa shape index (κ1) is 19.4. The third-order valence-corrected chi connectivity index (χ3v) is 4.55. The molecule has 0 aliphatic carbocycles. The van der Waals surface area contributed by atoms with Gasteiger partial charge in [0.2, 0.25) is 5.95 Å². The van der Waals surface area contributed by atoms with E-state index in [1.807, 2.05) is 24.3 Å². The highest BCUT2D eigenvalue weighted by atomic mass is 35.5. The smallest absolute Gasteiger partial charge is 0.271 e. The Balaban J connectivity index is 1.64. The van der Waals surface area contributed by atoms with Crippen LogP contribution in [0.4, 0.5) is 5.95 Å². The van der Waals surface area contributed by atoms with Crippen molar-refractivity contribution in [3.05, 3.63) is 46.7 Å². The lowest BCUT2D eigenvalue weighted by Crippen LogP contribution is -2.26. The minimum atomic E-state index is -0.309. The SMILES string of the molecule is CC(C)COc1cccc(CNC(=O)c2nc(N3CCCC3)ncc2Cl)c1. The quantitative estimate of drug-likeness (QED) is 0.783. The molecule has 0 atom stereocenters. The van der Waals surface area contributed by atoms with E-state index in [4.69, 9.17) is 16.3 Å². The van der Waals surface area contributed by atoms with Gasteiger partial charge >= 0.3 is 0 Å². The van der Waals surface area contributed by atoms with Gasteiger partial charge in [0.1, 0.15) is 5.75 Å². The molecule has 3 rings (SSSR count). The molecule has 27 heavy (non-hydrogen) atoms. The standard InChI is InChI=1S/C20H25ClN4O2/c1-14(2)13-27-16-7-5-6-15(10-16)11-22-19(26)18-17(21)12-23-20(24-18)25-8-3-4-9-25/h5-7,10,12,14H,3-4,8-9,11,13H2,1-2H3,(H,22,26). The predicted octanol–water partition coefficient (Wildman–Crippen LogP) is 3.70. The number of ether oxygens (including phenoxy) is 1. The minimum Gasteiger partial charge on any atom is -0.493 e. The number of nitrogens with one attached hydrogen (secondary N) is 1. The predicted molar refractivity (Wildman–Crippen MR) is 106 cm³/mol. The topological polar surface area (TPSA) is 67.3 Å². The fourth-order valence-corrected chi connectivity index (χ4v) is 3.04. The largest absolute Gasteiger partial charge is 0.493 e. The number of carbonyl (C=O) groups excluding carboxylic acids is 1. The molecule has 2 aromatic rings. The van der Waals surface area contributed by atoms with Crippen molar-refractivity contribution >= 4 is 23.5 Å². The summed E-state index contributed by atoms with van der Waals surface area (Å²) in [4.78, 5) is 23.3. The maximum Gasteiger partial charge on any atom is 0.271 e. The van der Waals surface area contributed by atoms with E-state index in [9.17, 15) is 4.79 Å². The van der Waals surface area contributed by atoms with Crippen LogP contribution in [-0.2, 0) is 6.54 Å². The maximum absolute atomic E-state index is 12.6. The van der Waals surface area contributed by atoms with E-state index >= 15 is 0 Å². The second-order valence-corrected chi connectivity index (χ2v) is 7.50. The van der Waals surface area contributed by atoms with Crippen LogP contribution < -0.4 is 15.0 Å². The Morgan fingerprint density at radius 1 is 1.33 bits per heavy atom. The second kappa shape index (κ2) is 9.04. The Morgan fingerprint density at radius 2 is 2.11 bits per heavy atom. The monoisotopic (exact) mass is 388 g/mol. The summed E-state index contributed by atoms with van der Waals surface area (Å²) < 4.78 is 5.73. The van der Waals surface area contributed by atoms with Gasteiger partial charge in [-0.15, -0.1) is 0 Å². The highest BCUT2D eigenvalue weighted by Gasteiger charge is 2.19. The fourth-order valence-electron chi connectivity index (χ4n) is 2.86. The van der Waals surface area contributed by atoms with E-state index in [0.717, 1.165) is 37.2 Å². The number of amides is 1. The average molecular weight is 389 g/mol. The van der Waals surface area contributed by atoms with Crippen molar-refractivity contribution in [2.24, 2.45) is 5.92 Å². The molecule has 0 spiro atoms. The van der Waals surface area contributed by atoms with Gasteiger partial charge in [-0.1, -0.05) is 37.6 Å². The lowest BCUT2D eigenvalue weighted by atomic mass is 10.2. The lowest BCUT2D eigenvalue weighted by Gasteiger charge is -2.16. The molecule has 144 valence electrons. The Labute approximate surface area is 164 Å². The van der Waals surface area contributed by atoms with Crippen molar-refractivity contribution < 1.29 is 9.53 Å². The van der Waals surface area contributed by atoms with Crippen LogP contribution in [0.5, 0.6) is 5.75 Å². The third-order valence-electron chi connectivity index (χ3n) is 4.27. The first-order valence-electron chi connectivity index (χ1n) is 9.30. The van der Waals surface area contributed by atoms with Gasteiger partial charge < -0.3 is 15.0 Å². The van der Waals surface area contributed by atoms with Gasteiger partial charge in [0.15, 0.2) is 5.69 Å². The number of benzene rings is 1. The first-order valence-corrected chi connectivity index (χ1v) is 9.68. The van der Waals surface area contributed by atoms with Crippen molar-refractivity contribution in [3.63, 3.8) is 0 Å². The van der Waals surface area contributed by atoms with Gasteiger partial charge in [-0.05, 0) is 36.5 Å². The molecular formula is C20H25ClN4O2. The van der Waals surface area contributed by atoms with Crippen LogP contribution in [0.1, 0.15) is 42.7 Å². The Bertz CT molecular complexity index is 791. The zero-order chi connectivity index (χ0) is 19.2. The van der Waals surface area contributed by atoms with E-state index in [1.54, 1.807) is 0 Å². The van der Waals surface area contributed by atoms with Crippen molar-refractivity contribution in [2.75, 3.05) is 24.6 Å². The molecule has 0 unspecified atom stereocenters. The molecule has 1 aromatic carbocycles. The normalized spacial score (nSPS) is 13.9. The van der Waals surface area contributed by atoms with Crippen LogP contribution in [-0.4, -0.2) is 35.6 Å². The van der Waals surface area contributed by atoms with E-state index in [0.29, 0.717) is 25.0 Å². The molecule has 1 N–H and O–H groups in total. The highest BCUT2D eigenvalue weighted by molar-refractivity contribution is 6.33. The molecule has 1 aliphatic heterocycles. The van der Waals surface area contributed by atoms with Crippen LogP contribution in [0.15, 0.2) is 30.5 Å². The molecule has 1 aliphatic rings. The molecule has 6 nitrogen and oxygen atoms in total. The Morgan fingerprint density at radius 3 is 2.85 bits per heavy atom. The number of halogens is 1. The number of carbonyl (C=O) groups is 1. The fraction of sp³-hybridized carbons (Fsp3) is 0.450. The molecule has 1 fully saturated rings. The molecule has 1 aromatic heterocycles. The molecular weight excluding hydrogens is 364 g/mol. The number of nitrogens with zero attached hydrogens (tertiary/aromatic N) is 3. The zero-order valence-corrected chi connectivity index (χ0v) is 16.5. The van der Waals surface area contributed by atoms with Gasteiger partial charge in [-0.25, -0.2) is 9.97 Å². The summed E-state index contributed by atoms with van der Waals surface area (Å²) in [6.45, 7) is 7.05. The number of anilines is 1. The van der Waals surface area contributed by atoms with E-state index in [2.05, 4.69) is 34.0 Å². The number of hydrogen-bond donors (Lipinski definition) is 1. The van der Waals surface area contributed by atoms with E-state index < -0.39 is 0 Å². The van der Waals surface area contributed by atoms with Crippen molar-refractivity contribution in [1.82, 2.24) is 15.3 Å². The van der Waals surface area contributed by atoms with Gasteiger partial charge in [0.25, 0.3) is 5.91 Å². The molecule has 0 bridgehead atoms. The third kappa shape index (κ3) is 5.32. The second-order valence-electron chi connectivity index (χ2n) is 7.10. The molecule has 1 amide bonds.